The van der Waals surface area contributed by atoms with Crippen LogP contribution >= 0.6 is 23.2 Å². The second kappa shape index (κ2) is 8.14. The van der Waals surface area contributed by atoms with Crippen LogP contribution in [0, 0.1) is 11.8 Å². The Balaban J connectivity index is 1.53. The molecule has 6 heteroatoms. The van der Waals surface area contributed by atoms with Gasteiger partial charge in [-0.15, -0.1) is 0 Å². The van der Waals surface area contributed by atoms with Crippen molar-refractivity contribution in [3.8, 4) is 0 Å². The van der Waals surface area contributed by atoms with Crippen molar-refractivity contribution in [2.45, 2.75) is 11.3 Å². The van der Waals surface area contributed by atoms with E-state index in [0.717, 1.165) is 22.3 Å². The van der Waals surface area contributed by atoms with Gasteiger partial charge < -0.3 is 0 Å². The summed E-state index contributed by atoms with van der Waals surface area (Å²) in [6.07, 6.45) is 1.85. The number of anilines is 1. The number of rotatable bonds is 3. The average Bonchev–Trinajstić information content (AvgIpc) is 3.15. The van der Waals surface area contributed by atoms with Crippen molar-refractivity contribution in [3.63, 3.8) is 0 Å². The van der Waals surface area contributed by atoms with Crippen molar-refractivity contribution >= 4 is 52.6 Å². The minimum absolute atomic E-state index is 0.231. The smallest absolute Gasteiger partial charge is 0.239 e. The summed E-state index contributed by atoms with van der Waals surface area (Å²) >= 11 is 12.8. The number of imide groups is 1. The van der Waals surface area contributed by atoms with Gasteiger partial charge in [-0.1, -0.05) is 89.9 Å². The molecule has 1 saturated heterocycles. The monoisotopic (exact) mass is 522 g/mol. The number of benzene rings is 4. The molecular formula is C31H20Cl2N2O2. The second-order valence-corrected chi connectivity index (χ2v) is 10.6. The van der Waals surface area contributed by atoms with Gasteiger partial charge in [0.25, 0.3) is 0 Å². The van der Waals surface area contributed by atoms with Gasteiger partial charge in [0.15, 0.2) is 0 Å². The van der Waals surface area contributed by atoms with E-state index in [0.29, 0.717) is 21.4 Å². The SMILES string of the molecule is O=C1[C@@H]2[C@H]3c4ccc(cc4)[C@@](C=Nc4cccc(Cl)c4)(c4ccccc43)[C@@H]2C(=O)N1c1ccccc1Cl. The number of carbonyl (C=O) groups excluding carboxylic acids is 2. The highest BCUT2D eigenvalue weighted by atomic mass is 35.5. The Morgan fingerprint density at radius 2 is 1.57 bits per heavy atom. The number of amides is 2. The largest absolute Gasteiger partial charge is 0.274 e. The quantitative estimate of drug-likeness (QED) is 0.216. The van der Waals surface area contributed by atoms with Crippen LogP contribution in [0.2, 0.25) is 10.0 Å². The molecule has 1 fully saturated rings. The maximum Gasteiger partial charge on any atom is 0.239 e. The molecule has 10 rings (SSSR count). The van der Waals surface area contributed by atoms with Gasteiger partial charge in [0.1, 0.15) is 0 Å². The van der Waals surface area contributed by atoms with Crippen LogP contribution < -0.4 is 4.90 Å². The number of carbonyl (C=O) groups is 2. The Hall–Kier alpha value is -3.73. The number of para-hydroxylation sites is 1. The molecule has 0 saturated carbocycles. The van der Waals surface area contributed by atoms with E-state index in [1.54, 1.807) is 36.4 Å². The molecule has 0 radical (unpaired) electrons. The summed E-state index contributed by atoms with van der Waals surface area (Å²) in [5.41, 5.74) is 4.12. The normalized spacial score (nSPS) is 25.4. The maximum absolute atomic E-state index is 14.4. The highest BCUT2D eigenvalue weighted by molar-refractivity contribution is 6.36. The van der Waals surface area contributed by atoms with Crippen LogP contribution in [0.25, 0.3) is 0 Å². The number of hydrogen-bond acceptors (Lipinski definition) is 3. The Morgan fingerprint density at radius 3 is 2.35 bits per heavy atom. The predicted octanol–water partition coefficient (Wildman–Crippen LogP) is 6.95. The van der Waals surface area contributed by atoms with Crippen molar-refractivity contribution in [3.05, 3.63) is 129 Å². The lowest BCUT2D eigenvalue weighted by Gasteiger charge is -2.48. The van der Waals surface area contributed by atoms with Crippen LogP contribution in [0.5, 0.6) is 0 Å². The molecule has 4 atom stereocenters. The first kappa shape index (κ1) is 22.5. The molecular weight excluding hydrogens is 503 g/mol. The minimum Gasteiger partial charge on any atom is -0.274 e. The van der Waals surface area contributed by atoms with E-state index >= 15 is 0 Å². The van der Waals surface area contributed by atoms with Gasteiger partial charge in [0.05, 0.1) is 33.6 Å². The third-order valence-electron chi connectivity index (χ3n) is 8.01. The summed E-state index contributed by atoms with van der Waals surface area (Å²) in [5.74, 6) is -2.02. The van der Waals surface area contributed by atoms with E-state index < -0.39 is 17.3 Å². The zero-order valence-electron chi connectivity index (χ0n) is 19.5. The summed E-state index contributed by atoms with van der Waals surface area (Å²) in [6, 6.07) is 30.7. The molecule has 4 bridgehead atoms. The molecule has 2 amide bonds. The highest BCUT2D eigenvalue weighted by Gasteiger charge is 2.65. The van der Waals surface area contributed by atoms with Crippen LogP contribution in [0.15, 0.2) is 102 Å². The van der Waals surface area contributed by atoms with E-state index in [4.69, 9.17) is 28.2 Å². The van der Waals surface area contributed by atoms with Crippen LogP contribution in [-0.4, -0.2) is 18.0 Å². The van der Waals surface area contributed by atoms with E-state index in [1.807, 2.05) is 30.5 Å². The lowest BCUT2D eigenvalue weighted by atomic mass is 9.52. The van der Waals surface area contributed by atoms with Crippen molar-refractivity contribution in [1.29, 1.82) is 0 Å². The zero-order valence-corrected chi connectivity index (χ0v) is 21.0. The standard InChI is InChI=1S/C31H20Cl2N2O2/c32-20-6-5-7-21(16-20)34-17-31-19-14-12-18(13-15-19)26(22-8-1-2-9-23(22)31)27-28(31)30(37)35(29(27)36)25-11-4-3-10-24(25)33/h1-17,26-28H/t26-,27+,28-,31-/m0/s1. The van der Waals surface area contributed by atoms with E-state index in [9.17, 15) is 9.59 Å². The molecule has 6 aliphatic rings. The second-order valence-electron chi connectivity index (χ2n) is 9.76. The summed E-state index contributed by atoms with van der Waals surface area (Å²) in [5, 5.41) is 0.942. The first-order chi connectivity index (χ1) is 18.0. The van der Waals surface area contributed by atoms with Gasteiger partial charge in [-0.2, -0.15) is 0 Å². The fourth-order valence-corrected chi connectivity index (χ4v) is 6.93. The van der Waals surface area contributed by atoms with E-state index in [2.05, 4.69) is 36.4 Å². The van der Waals surface area contributed by atoms with Gasteiger partial charge in [-0.3, -0.25) is 14.6 Å². The molecule has 1 aliphatic heterocycles. The predicted molar refractivity (Wildman–Crippen MR) is 146 cm³/mol. The van der Waals surface area contributed by atoms with Gasteiger partial charge in [0.2, 0.25) is 11.8 Å². The Bertz CT molecular complexity index is 1630. The molecule has 37 heavy (non-hydrogen) atoms. The molecule has 0 N–H and O–H groups in total. The van der Waals surface area contributed by atoms with Gasteiger partial charge in [-0.25, -0.2) is 4.90 Å². The minimum atomic E-state index is -0.957. The fourth-order valence-electron chi connectivity index (χ4n) is 6.53. The van der Waals surface area contributed by atoms with E-state index in [1.165, 1.54) is 4.90 Å². The molecule has 1 heterocycles. The fraction of sp³-hybridized carbons (Fsp3) is 0.129. The van der Waals surface area contributed by atoms with Gasteiger partial charge in [0, 0.05) is 17.2 Å². The number of nitrogens with zero attached hydrogens (tertiary/aromatic N) is 2. The van der Waals surface area contributed by atoms with Crippen LogP contribution in [-0.2, 0) is 15.0 Å². The molecule has 180 valence electrons. The summed E-state index contributed by atoms with van der Waals surface area (Å²) in [6.45, 7) is 0. The van der Waals surface area contributed by atoms with Crippen LogP contribution in [0.1, 0.15) is 28.2 Å². The molecule has 4 aromatic rings. The highest BCUT2D eigenvalue weighted by Crippen LogP contribution is 2.60. The average molecular weight is 523 g/mol. The Kier molecular flexibility index (Phi) is 4.94. The molecule has 5 aliphatic carbocycles. The molecule has 4 aromatic carbocycles. The third-order valence-corrected chi connectivity index (χ3v) is 8.56. The van der Waals surface area contributed by atoms with E-state index in [-0.39, 0.29) is 17.7 Å². The van der Waals surface area contributed by atoms with Crippen LogP contribution in [0.3, 0.4) is 0 Å². The summed E-state index contributed by atoms with van der Waals surface area (Å²) < 4.78 is 0. The molecule has 0 unspecified atom stereocenters. The maximum atomic E-state index is 14.4. The van der Waals surface area contributed by atoms with Crippen molar-refractivity contribution in [1.82, 2.24) is 0 Å². The zero-order chi connectivity index (χ0) is 25.3. The van der Waals surface area contributed by atoms with Crippen molar-refractivity contribution < 1.29 is 9.59 Å². The third kappa shape index (κ3) is 3.06. The van der Waals surface area contributed by atoms with Gasteiger partial charge >= 0.3 is 0 Å². The lowest BCUT2D eigenvalue weighted by molar-refractivity contribution is -0.122. The number of halogens is 2. The lowest BCUT2D eigenvalue weighted by Crippen LogP contribution is -2.51. The topological polar surface area (TPSA) is 49.7 Å². The molecule has 0 aromatic heterocycles. The summed E-state index contributed by atoms with van der Waals surface area (Å²) in [7, 11) is 0. The van der Waals surface area contributed by atoms with Crippen LogP contribution in [0.4, 0.5) is 11.4 Å². The summed E-state index contributed by atoms with van der Waals surface area (Å²) in [4.78, 5) is 34.8. The number of aliphatic imine (C=N–C) groups is 1. The first-order valence-corrected chi connectivity index (χ1v) is 12.9. The Morgan fingerprint density at radius 1 is 0.811 bits per heavy atom. The van der Waals surface area contributed by atoms with Crippen molar-refractivity contribution in [2.75, 3.05) is 4.90 Å². The number of hydrogen-bond donors (Lipinski definition) is 0. The molecule has 0 spiro atoms. The first-order valence-electron chi connectivity index (χ1n) is 12.1. The van der Waals surface area contributed by atoms with Gasteiger partial charge in [-0.05, 0) is 52.6 Å². The van der Waals surface area contributed by atoms with Crippen molar-refractivity contribution in [2.24, 2.45) is 16.8 Å². The Labute approximate surface area is 224 Å². The molecule has 4 nitrogen and oxygen atoms in total.